The highest BCUT2D eigenvalue weighted by Gasteiger charge is 2.25. The number of hydrogen-bond donors (Lipinski definition) is 1. The highest BCUT2D eigenvalue weighted by atomic mass is 79.9. The van der Waals surface area contributed by atoms with Crippen LogP contribution in [0.2, 0.25) is 0 Å². The zero-order valence-electron chi connectivity index (χ0n) is 11.1. The molecule has 0 aliphatic rings. The first kappa shape index (κ1) is 17.8. The molecule has 0 saturated carbocycles. The molecule has 1 N–H and O–H groups in total. The van der Waals surface area contributed by atoms with Crippen molar-refractivity contribution in [2.75, 3.05) is 18.5 Å². The molecule has 0 heterocycles. The first-order valence-electron chi connectivity index (χ1n) is 5.98. The van der Waals surface area contributed by atoms with Gasteiger partial charge in [-0.25, -0.2) is 8.78 Å². The number of halogens is 3. The Morgan fingerprint density at radius 1 is 1.39 bits per heavy atom. The van der Waals surface area contributed by atoms with E-state index >= 15 is 0 Å². The second kappa shape index (κ2) is 8.80. The molecule has 0 aliphatic carbocycles. The van der Waals surface area contributed by atoms with Gasteiger partial charge in [0, 0.05) is 17.8 Å². The molecule has 0 bridgehead atoms. The van der Waals surface area contributed by atoms with Gasteiger partial charge in [-0.15, -0.1) is 0 Å². The lowest BCUT2D eigenvalue weighted by atomic mass is 9.85. The summed E-state index contributed by atoms with van der Waals surface area (Å²) in [5.41, 5.74) is -0.0345. The lowest BCUT2D eigenvalue weighted by Gasteiger charge is -2.31. The number of hydrogen-bond acceptors (Lipinski definition) is 2. The molecule has 0 aromatic heterocycles. The van der Waals surface area contributed by atoms with Crippen molar-refractivity contribution in [2.24, 2.45) is 5.41 Å². The van der Waals surface area contributed by atoms with Crippen molar-refractivity contribution in [3.05, 3.63) is 0 Å². The topological polar surface area (TPSA) is 38.3 Å². The summed E-state index contributed by atoms with van der Waals surface area (Å²) in [7, 11) is 0. The first-order valence-corrected chi connectivity index (χ1v) is 7.10. The van der Waals surface area contributed by atoms with Crippen molar-refractivity contribution in [2.45, 2.75) is 46.1 Å². The predicted molar refractivity (Wildman–Crippen MR) is 71.2 cm³/mol. The smallest absolute Gasteiger partial charge is 0.261 e. The average molecular weight is 330 g/mol. The van der Waals surface area contributed by atoms with Gasteiger partial charge in [0.25, 0.3) is 6.43 Å². The Morgan fingerprint density at radius 2 is 2.00 bits per heavy atom. The fraction of sp³-hybridized carbons (Fsp3) is 0.917. The first-order chi connectivity index (χ1) is 8.27. The number of alkyl halides is 3. The van der Waals surface area contributed by atoms with Gasteiger partial charge in [-0.2, -0.15) is 0 Å². The SMILES string of the molecule is CC(C)(C)C(CCBr)NC(=O)CCOCC(F)F. The number of ether oxygens (including phenoxy) is 1. The summed E-state index contributed by atoms with van der Waals surface area (Å²) in [6, 6.07) is 0.0551. The van der Waals surface area contributed by atoms with E-state index in [-0.39, 0.29) is 30.4 Å². The lowest BCUT2D eigenvalue weighted by molar-refractivity contribution is -0.124. The van der Waals surface area contributed by atoms with Gasteiger partial charge in [0.2, 0.25) is 5.91 Å². The van der Waals surface area contributed by atoms with E-state index in [1.165, 1.54) is 0 Å². The Bertz CT molecular complexity index is 245. The van der Waals surface area contributed by atoms with E-state index in [1.807, 2.05) is 20.8 Å². The van der Waals surface area contributed by atoms with E-state index in [1.54, 1.807) is 0 Å². The molecule has 18 heavy (non-hydrogen) atoms. The highest BCUT2D eigenvalue weighted by molar-refractivity contribution is 9.09. The summed E-state index contributed by atoms with van der Waals surface area (Å²) >= 11 is 3.35. The molecule has 0 spiro atoms. The van der Waals surface area contributed by atoms with Gasteiger partial charge in [0.1, 0.15) is 6.61 Å². The van der Waals surface area contributed by atoms with Gasteiger partial charge in [-0.3, -0.25) is 4.79 Å². The van der Waals surface area contributed by atoms with Gasteiger partial charge in [0.05, 0.1) is 6.61 Å². The zero-order valence-corrected chi connectivity index (χ0v) is 12.7. The molecule has 0 radical (unpaired) electrons. The van der Waals surface area contributed by atoms with E-state index in [2.05, 4.69) is 26.0 Å². The van der Waals surface area contributed by atoms with Crippen LogP contribution in [0.3, 0.4) is 0 Å². The van der Waals surface area contributed by atoms with Crippen LogP contribution in [0, 0.1) is 5.41 Å². The van der Waals surface area contributed by atoms with E-state index in [9.17, 15) is 13.6 Å². The van der Waals surface area contributed by atoms with E-state index in [0.717, 1.165) is 11.8 Å². The Kier molecular flexibility index (Phi) is 8.69. The molecule has 108 valence electrons. The molecule has 1 atom stereocenters. The van der Waals surface area contributed by atoms with Crippen LogP contribution < -0.4 is 5.32 Å². The van der Waals surface area contributed by atoms with Crippen LogP contribution >= 0.6 is 15.9 Å². The Balaban J connectivity index is 3.96. The molecule has 0 rings (SSSR count). The number of amides is 1. The summed E-state index contributed by atoms with van der Waals surface area (Å²) in [5.74, 6) is -0.162. The van der Waals surface area contributed by atoms with E-state index in [0.29, 0.717) is 0 Å². The zero-order chi connectivity index (χ0) is 14.2. The Morgan fingerprint density at radius 3 is 2.44 bits per heavy atom. The number of carbonyl (C=O) groups is 1. The van der Waals surface area contributed by atoms with Gasteiger partial charge < -0.3 is 10.1 Å². The maximum absolute atomic E-state index is 11.8. The number of carbonyl (C=O) groups excluding carboxylic acids is 1. The van der Waals surface area contributed by atoms with Crippen molar-refractivity contribution in [3.8, 4) is 0 Å². The molecule has 1 amide bonds. The Labute approximate surface area is 116 Å². The minimum Gasteiger partial charge on any atom is -0.375 e. The molecule has 0 saturated heterocycles. The maximum atomic E-state index is 11.8. The molecule has 0 aromatic carbocycles. The third-order valence-electron chi connectivity index (χ3n) is 2.50. The minimum atomic E-state index is -2.48. The second-order valence-corrected chi connectivity index (χ2v) is 5.97. The van der Waals surface area contributed by atoms with Crippen LogP contribution in [0.5, 0.6) is 0 Å². The van der Waals surface area contributed by atoms with Gasteiger partial charge >= 0.3 is 0 Å². The van der Waals surface area contributed by atoms with Gasteiger partial charge in [-0.05, 0) is 11.8 Å². The van der Waals surface area contributed by atoms with Crippen LogP contribution in [-0.4, -0.2) is 36.9 Å². The highest BCUT2D eigenvalue weighted by Crippen LogP contribution is 2.22. The van der Waals surface area contributed by atoms with Crippen molar-refractivity contribution in [1.82, 2.24) is 5.32 Å². The summed E-state index contributed by atoms with van der Waals surface area (Å²) in [6.07, 6.45) is -1.54. The molecular formula is C12H22BrF2NO2. The number of nitrogens with one attached hydrogen (secondary N) is 1. The molecule has 6 heteroatoms. The third-order valence-corrected chi connectivity index (χ3v) is 2.95. The van der Waals surface area contributed by atoms with Crippen molar-refractivity contribution >= 4 is 21.8 Å². The summed E-state index contributed by atoms with van der Waals surface area (Å²) in [5, 5.41) is 3.71. The van der Waals surface area contributed by atoms with Crippen LogP contribution in [0.1, 0.15) is 33.6 Å². The van der Waals surface area contributed by atoms with Gasteiger partial charge in [-0.1, -0.05) is 36.7 Å². The van der Waals surface area contributed by atoms with Gasteiger partial charge in [0.15, 0.2) is 0 Å². The fourth-order valence-corrected chi connectivity index (χ4v) is 1.89. The van der Waals surface area contributed by atoms with Crippen LogP contribution in [0.4, 0.5) is 8.78 Å². The fourth-order valence-electron chi connectivity index (χ4n) is 1.43. The maximum Gasteiger partial charge on any atom is 0.261 e. The largest absolute Gasteiger partial charge is 0.375 e. The second-order valence-electron chi connectivity index (χ2n) is 5.18. The summed E-state index contributed by atoms with van der Waals surface area (Å²) in [6.45, 7) is 5.56. The average Bonchev–Trinajstić information content (AvgIpc) is 2.22. The Hall–Kier alpha value is -0.230. The molecule has 0 aromatic rings. The van der Waals surface area contributed by atoms with Crippen molar-refractivity contribution in [3.63, 3.8) is 0 Å². The van der Waals surface area contributed by atoms with Crippen LogP contribution in [0.15, 0.2) is 0 Å². The van der Waals surface area contributed by atoms with Crippen molar-refractivity contribution < 1.29 is 18.3 Å². The molecule has 0 fully saturated rings. The monoisotopic (exact) mass is 329 g/mol. The summed E-state index contributed by atoms with van der Waals surface area (Å²) in [4.78, 5) is 11.6. The molecule has 0 aliphatic heterocycles. The lowest BCUT2D eigenvalue weighted by Crippen LogP contribution is -2.44. The predicted octanol–water partition coefficient (Wildman–Crippen LogP) is 2.97. The molecular weight excluding hydrogens is 308 g/mol. The third kappa shape index (κ3) is 8.80. The van der Waals surface area contributed by atoms with E-state index in [4.69, 9.17) is 0 Å². The normalized spacial score (nSPS) is 13.7. The molecule has 3 nitrogen and oxygen atoms in total. The van der Waals surface area contributed by atoms with Crippen LogP contribution in [0.25, 0.3) is 0 Å². The van der Waals surface area contributed by atoms with Crippen LogP contribution in [-0.2, 0) is 9.53 Å². The van der Waals surface area contributed by atoms with E-state index < -0.39 is 13.0 Å². The minimum absolute atomic E-state index is 0.0291. The molecule has 1 unspecified atom stereocenters. The standard InChI is InChI=1S/C12H22BrF2NO2/c1-12(2,3)9(4-6-13)16-11(17)5-7-18-8-10(14)15/h9-10H,4-8H2,1-3H3,(H,16,17). The quantitative estimate of drug-likeness (QED) is 0.549. The number of rotatable bonds is 8. The summed E-state index contributed by atoms with van der Waals surface area (Å²) < 4.78 is 28.3. The van der Waals surface area contributed by atoms with Crippen molar-refractivity contribution in [1.29, 1.82) is 0 Å².